The van der Waals surface area contributed by atoms with Crippen LogP contribution in [0.1, 0.15) is 15.2 Å². The first-order chi connectivity index (χ1) is 18.4. The second kappa shape index (κ2) is 11.0. The third kappa shape index (κ3) is 5.34. The van der Waals surface area contributed by atoms with Crippen LogP contribution in [-0.4, -0.2) is 24.8 Å². The van der Waals surface area contributed by atoms with Crippen LogP contribution >= 0.6 is 23.1 Å². The smallest absolute Gasteiger partial charge is 0.283 e. The molecule has 7 nitrogen and oxygen atoms in total. The third-order valence-corrected chi connectivity index (χ3v) is 7.69. The summed E-state index contributed by atoms with van der Waals surface area (Å²) in [5.41, 5.74) is 2.99. The lowest BCUT2D eigenvalue weighted by Gasteiger charge is -2.15. The van der Waals surface area contributed by atoms with E-state index in [0.717, 1.165) is 10.5 Å². The molecule has 1 aliphatic rings. The lowest BCUT2D eigenvalue weighted by Crippen LogP contribution is -2.32. The minimum atomic E-state index is -0.453. The number of nitrogens with zero attached hydrogens (tertiary/aromatic N) is 1. The van der Waals surface area contributed by atoms with Crippen molar-refractivity contribution in [3.8, 4) is 5.75 Å². The van der Waals surface area contributed by atoms with E-state index in [1.54, 1.807) is 55.6 Å². The summed E-state index contributed by atoms with van der Waals surface area (Å²) in [5, 5.41) is 7.88. The molecule has 9 heteroatoms. The first kappa shape index (κ1) is 25.3. The molecule has 1 aliphatic heterocycles. The molecule has 0 fully saturated rings. The van der Waals surface area contributed by atoms with Gasteiger partial charge in [0, 0.05) is 16.3 Å². The zero-order chi connectivity index (χ0) is 26.6. The van der Waals surface area contributed by atoms with Crippen LogP contribution < -0.4 is 20.3 Å². The van der Waals surface area contributed by atoms with Gasteiger partial charge in [-0.15, -0.1) is 11.3 Å². The number of ether oxygens (including phenoxy) is 1. The summed E-state index contributed by atoms with van der Waals surface area (Å²) in [6.45, 7) is 1.98. The van der Waals surface area contributed by atoms with Crippen LogP contribution in [-0.2, 0) is 9.59 Å². The molecule has 0 unspecified atom stereocenters. The number of methoxy groups -OCH3 is 1. The summed E-state index contributed by atoms with van der Waals surface area (Å²) in [4.78, 5) is 42.4. The predicted molar refractivity (Wildman–Crippen MR) is 152 cm³/mol. The number of carbonyl (C=O) groups is 3. The quantitative estimate of drug-likeness (QED) is 0.254. The second-order valence-electron chi connectivity index (χ2n) is 8.40. The highest BCUT2D eigenvalue weighted by molar-refractivity contribution is 8.04. The molecule has 1 aromatic heterocycles. The fourth-order valence-corrected chi connectivity index (χ4v) is 5.42. The van der Waals surface area contributed by atoms with Crippen LogP contribution in [0.15, 0.2) is 106 Å². The summed E-state index contributed by atoms with van der Waals surface area (Å²) in [6.07, 6.45) is 0. The van der Waals surface area contributed by atoms with Gasteiger partial charge in [-0.3, -0.25) is 14.4 Å². The van der Waals surface area contributed by atoms with E-state index in [9.17, 15) is 14.4 Å². The molecule has 3 aromatic carbocycles. The minimum Gasteiger partial charge on any atom is -0.497 e. The number of thioether (sulfide) groups is 1. The van der Waals surface area contributed by atoms with Crippen LogP contribution in [0, 0.1) is 6.92 Å². The number of amides is 3. The Balaban J connectivity index is 1.46. The molecule has 0 radical (unpaired) electrons. The van der Waals surface area contributed by atoms with E-state index in [0.29, 0.717) is 32.6 Å². The number of benzene rings is 3. The first-order valence-electron chi connectivity index (χ1n) is 11.7. The van der Waals surface area contributed by atoms with Gasteiger partial charge in [0.15, 0.2) is 0 Å². The van der Waals surface area contributed by atoms with E-state index in [1.807, 2.05) is 48.7 Å². The van der Waals surface area contributed by atoms with Gasteiger partial charge in [0.05, 0.1) is 17.7 Å². The lowest BCUT2D eigenvalue weighted by atomic mass is 10.2. The number of thiophene rings is 1. The summed E-state index contributed by atoms with van der Waals surface area (Å²) in [6, 6.07) is 25.1. The zero-order valence-electron chi connectivity index (χ0n) is 20.6. The molecular weight excluding hydrogens is 518 g/mol. The number of aryl methyl sites for hydroxylation is 1. The summed E-state index contributed by atoms with van der Waals surface area (Å²) >= 11 is 2.53. The molecule has 190 valence electrons. The van der Waals surface area contributed by atoms with Gasteiger partial charge in [0.1, 0.15) is 16.4 Å². The van der Waals surface area contributed by atoms with Crippen LogP contribution in [0.25, 0.3) is 0 Å². The monoisotopic (exact) mass is 541 g/mol. The van der Waals surface area contributed by atoms with E-state index in [1.165, 1.54) is 23.1 Å². The fourth-order valence-electron chi connectivity index (χ4n) is 3.82. The van der Waals surface area contributed by atoms with Gasteiger partial charge >= 0.3 is 0 Å². The molecule has 2 heterocycles. The number of nitrogens with one attached hydrogen (secondary N) is 2. The van der Waals surface area contributed by atoms with Gasteiger partial charge in [-0.25, -0.2) is 4.90 Å². The molecule has 0 bridgehead atoms. The Kier molecular flexibility index (Phi) is 7.30. The molecule has 5 rings (SSSR count). The second-order valence-corrected chi connectivity index (χ2v) is 10.4. The minimum absolute atomic E-state index is 0.188. The molecule has 0 atom stereocenters. The van der Waals surface area contributed by atoms with Crippen molar-refractivity contribution in [2.24, 2.45) is 0 Å². The molecular formula is C29H23N3O4S2. The number of rotatable bonds is 8. The Morgan fingerprint density at radius 1 is 0.895 bits per heavy atom. The van der Waals surface area contributed by atoms with Crippen molar-refractivity contribution in [3.05, 3.63) is 111 Å². The van der Waals surface area contributed by atoms with Crippen LogP contribution in [0.5, 0.6) is 5.75 Å². The lowest BCUT2D eigenvalue weighted by molar-refractivity contribution is -0.120. The Morgan fingerprint density at radius 2 is 1.66 bits per heavy atom. The highest BCUT2D eigenvalue weighted by Crippen LogP contribution is 2.39. The van der Waals surface area contributed by atoms with Gasteiger partial charge in [0.2, 0.25) is 0 Å². The van der Waals surface area contributed by atoms with Gasteiger partial charge in [-0.1, -0.05) is 41.6 Å². The van der Waals surface area contributed by atoms with Gasteiger partial charge in [-0.2, -0.15) is 0 Å². The van der Waals surface area contributed by atoms with E-state index >= 15 is 0 Å². The first-order valence-corrected chi connectivity index (χ1v) is 13.4. The number of hydrogen-bond donors (Lipinski definition) is 2. The molecule has 3 amide bonds. The largest absolute Gasteiger partial charge is 0.497 e. The maximum absolute atomic E-state index is 13.6. The van der Waals surface area contributed by atoms with E-state index in [4.69, 9.17) is 4.74 Å². The van der Waals surface area contributed by atoms with Crippen molar-refractivity contribution in [2.45, 2.75) is 11.8 Å². The van der Waals surface area contributed by atoms with E-state index in [2.05, 4.69) is 10.6 Å². The maximum atomic E-state index is 13.6. The SMILES string of the molecule is COc1ccc(N2C(=O)C(Nc3ccc(C)cc3)=C(Sc3cccc(NC(=O)c4cccs4)c3)C2=O)cc1. The predicted octanol–water partition coefficient (Wildman–Crippen LogP) is 6.31. The Morgan fingerprint density at radius 3 is 2.34 bits per heavy atom. The van der Waals surface area contributed by atoms with Gasteiger partial charge in [-0.05, 0) is 73.0 Å². The number of imide groups is 1. The molecule has 2 N–H and O–H groups in total. The molecule has 0 saturated carbocycles. The summed E-state index contributed by atoms with van der Waals surface area (Å²) in [7, 11) is 1.55. The zero-order valence-corrected chi connectivity index (χ0v) is 22.2. The maximum Gasteiger partial charge on any atom is 0.283 e. The van der Waals surface area contributed by atoms with E-state index in [-0.39, 0.29) is 16.5 Å². The van der Waals surface area contributed by atoms with Gasteiger partial charge in [0.25, 0.3) is 17.7 Å². The van der Waals surface area contributed by atoms with Crippen LogP contribution in [0.3, 0.4) is 0 Å². The highest BCUT2D eigenvalue weighted by Gasteiger charge is 2.40. The molecule has 0 spiro atoms. The Hall–Kier alpha value is -4.34. The highest BCUT2D eigenvalue weighted by atomic mass is 32.2. The Labute approximate surface area is 228 Å². The van der Waals surface area contributed by atoms with Crippen LogP contribution in [0.4, 0.5) is 17.1 Å². The number of carbonyl (C=O) groups excluding carboxylic acids is 3. The van der Waals surface area contributed by atoms with Crippen molar-refractivity contribution in [3.63, 3.8) is 0 Å². The third-order valence-electron chi connectivity index (χ3n) is 5.75. The summed E-state index contributed by atoms with van der Waals surface area (Å²) in [5.74, 6) is -0.478. The average Bonchev–Trinajstić information content (AvgIpc) is 3.54. The standard InChI is InChI=1S/C29H23N3O4S2/c1-18-8-10-19(11-9-18)30-25-26(29(35)32(28(25)34)21-12-14-22(36-2)15-13-21)38-23-6-3-5-20(17-23)31-27(33)24-7-4-16-37-24/h3-17,30H,1-2H3,(H,31,33). The molecule has 38 heavy (non-hydrogen) atoms. The normalized spacial score (nSPS) is 13.2. The summed E-state index contributed by atoms with van der Waals surface area (Å²) < 4.78 is 5.21. The molecule has 4 aromatic rings. The number of hydrogen-bond acceptors (Lipinski definition) is 7. The van der Waals surface area contributed by atoms with Crippen molar-refractivity contribution >= 4 is 57.9 Å². The molecule has 0 aliphatic carbocycles. The topological polar surface area (TPSA) is 87.7 Å². The average molecular weight is 542 g/mol. The van der Waals surface area contributed by atoms with Crippen molar-refractivity contribution in [1.82, 2.24) is 0 Å². The van der Waals surface area contributed by atoms with Crippen molar-refractivity contribution in [2.75, 3.05) is 22.6 Å². The van der Waals surface area contributed by atoms with Gasteiger partial charge < -0.3 is 15.4 Å². The Bertz CT molecular complexity index is 1530. The van der Waals surface area contributed by atoms with Crippen LogP contribution in [0.2, 0.25) is 0 Å². The fraction of sp³-hybridized carbons (Fsp3) is 0.0690. The number of anilines is 3. The molecule has 0 saturated heterocycles. The van der Waals surface area contributed by atoms with Crippen molar-refractivity contribution < 1.29 is 19.1 Å². The van der Waals surface area contributed by atoms with E-state index < -0.39 is 11.8 Å². The van der Waals surface area contributed by atoms with Crippen molar-refractivity contribution in [1.29, 1.82) is 0 Å².